The highest BCUT2D eigenvalue weighted by Crippen LogP contribution is 2.39. The molecule has 0 fully saturated rings. The van der Waals surface area contributed by atoms with Gasteiger partial charge in [-0.05, 0) is 30.4 Å². The minimum Gasteiger partial charge on any atom is -0.385 e. The monoisotopic (exact) mass is 327 g/mol. The largest absolute Gasteiger partial charge is 0.385 e. The molecule has 0 spiro atoms. The highest BCUT2D eigenvalue weighted by molar-refractivity contribution is 5.98. The molecule has 2 heterocycles. The Bertz CT molecular complexity index is 719. The minimum atomic E-state index is -0.0654. The third kappa shape index (κ3) is 2.84. The number of amides is 1. The number of ether oxygens (including phenoxy) is 1. The van der Waals surface area contributed by atoms with Crippen molar-refractivity contribution in [1.82, 2.24) is 15.1 Å². The van der Waals surface area contributed by atoms with E-state index < -0.39 is 0 Å². The number of benzene rings is 1. The Hall–Kier alpha value is -2.14. The molecule has 2 aromatic rings. The average molecular weight is 327 g/mol. The average Bonchev–Trinajstić information content (AvgIpc) is 3.07. The van der Waals surface area contributed by atoms with Crippen LogP contribution in [0.1, 0.15) is 65.1 Å². The van der Waals surface area contributed by atoms with Crippen molar-refractivity contribution in [1.29, 1.82) is 0 Å². The second kappa shape index (κ2) is 6.77. The predicted octanol–water partition coefficient (Wildman–Crippen LogP) is 3.42. The van der Waals surface area contributed by atoms with Crippen LogP contribution < -0.4 is 0 Å². The van der Waals surface area contributed by atoms with E-state index in [0.717, 1.165) is 23.2 Å². The first-order valence-corrected chi connectivity index (χ1v) is 8.49. The third-order valence-electron chi connectivity index (χ3n) is 4.71. The zero-order valence-corrected chi connectivity index (χ0v) is 14.8. The summed E-state index contributed by atoms with van der Waals surface area (Å²) in [6.07, 6.45) is 0.815. The van der Waals surface area contributed by atoms with Crippen LogP contribution in [-0.4, -0.2) is 41.3 Å². The molecule has 1 amide bonds. The van der Waals surface area contributed by atoms with Crippen molar-refractivity contribution in [3.05, 3.63) is 52.3 Å². The summed E-state index contributed by atoms with van der Waals surface area (Å²) in [6.45, 7) is 7.66. The molecule has 1 aromatic heterocycles. The molecule has 0 saturated carbocycles. The van der Waals surface area contributed by atoms with Crippen LogP contribution in [0.25, 0.3) is 0 Å². The van der Waals surface area contributed by atoms with Gasteiger partial charge in [0, 0.05) is 31.5 Å². The van der Waals surface area contributed by atoms with Crippen molar-refractivity contribution >= 4 is 5.91 Å². The van der Waals surface area contributed by atoms with Crippen LogP contribution in [0.3, 0.4) is 0 Å². The van der Waals surface area contributed by atoms with Gasteiger partial charge in [0.15, 0.2) is 5.69 Å². The van der Waals surface area contributed by atoms with E-state index in [-0.39, 0.29) is 11.9 Å². The number of aromatic amines is 1. The lowest BCUT2D eigenvalue weighted by Crippen LogP contribution is -2.31. The molecule has 5 nitrogen and oxygen atoms in total. The van der Waals surface area contributed by atoms with Crippen molar-refractivity contribution in [2.45, 2.75) is 39.2 Å². The molecule has 0 saturated heterocycles. The maximum atomic E-state index is 12.8. The summed E-state index contributed by atoms with van der Waals surface area (Å²) >= 11 is 0. The van der Waals surface area contributed by atoms with Crippen molar-refractivity contribution in [3.8, 4) is 0 Å². The number of carbonyl (C=O) groups is 1. The number of methoxy groups -OCH3 is 1. The molecule has 1 aliphatic rings. The van der Waals surface area contributed by atoms with Gasteiger partial charge < -0.3 is 9.64 Å². The minimum absolute atomic E-state index is 0.00314. The van der Waals surface area contributed by atoms with Crippen LogP contribution in [0.5, 0.6) is 0 Å². The fraction of sp³-hybridized carbons (Fsp3) is 0.474. The lowest BCUT2D eigenvalue weighted by molar-refractivity contribution is 0.0723. The molecule has 0 aliphatic carbocycles. The SMILES string of the molecule is COCCCN1C(=O)c2n[nH]c(C)c2C1c1ccc(C(C)C)cc1. The number of hydrogen-bond donors (Lipinski definition) is 1. The molecule has 1 N–H and O–H groups in total. The Balaban J connectivity index is 1.96. The van der Waals surface area contributed by atoms with Crippen LogP contribution in [0, 0.1) is 6.92 Å². The first-order chi connectivity index (χ1) is 11.5. The first kappa shape index (κ1) is 16.7. The molecular formula is C19H25N3O2. The number of nitrogens with zero attached hydrogens (tertiary/aromatic N) is 2. The fourth-order valence-corrected chi connectivity index (χ4v) is 3.36. The zero-order chi connectivity index (χ0) is 17.3. The van der Waals surface area contributed by atoms with Crippen molar-refractivity contribution in [2.24, 2.45) is 0 Å². The molecule has 1 unspecified atom stereocenters. The quantitative estimate of drug-likeness (QED) is 0.827. The van der Waals surface area contributed by atoms with Gasteiger partial charge in [-0.25, -0.2) is 0 Å². The van der Waals surface area contributed by atoms with E-state index in [1.165, 1.54) is 5.56 Å². The third-order valence-corrected chi connectivity index (χ3v) is 4.71. The molecular weight excluding hydrogens is 302 g/mol. The predicted molar refractivity (Wildman–Crippen MR) is 93.2 cm³/mol. The molecule has 24 heavy (non-hydrogen) atoms. The Morgan fingerprint density at radius 3 is 2.62 bits per heavy atom. The molecule has 3 rings (SSSR count). The van der Waals surface area contributed by atoms with Crippen LogP contribution in [0.15, 0.2) is 24.3 Å². The van der Waals surface area contributed by atoms with Gasteiger partial charge in [0.2, 0.25) is 0 Å². The molecule has 1 aliphatic heterocycles. The van der Waals surface area contributed by atoms with E-state index in [2.05, 4.69) is 48.3 Å². The van der Waals surface area contributed by atoms with Crippen LogP contribution >= 0.6 is 0 Å². The van der Waals surface area contributed by atoms with Gasteiger partial charge in [-0.3, -0.25) is 9.89 Å². The summed E-state index contributed by atoms with van der Waals surface area (Å²) in [5, 5.41) is 7.19. The van der Waals surface area contributed by atoms with E-state index in [4.69, 9.17) is 4.74 Å². The van der Waals surface area contributed by atoms with E-state index in [9.17, 15) is 4.79 Å². The number of fused-ring (bicyclic) bond motifs is 1. The van der Waals surface area contributed by atoms with Gasteiger partial charge >= 0.3 is 0 Å². The van der Waals surface area contributed by atoms with Gasteiger partial charge in [0.1, 0.15) is 0 Å². The Morgan fingerprint density at radius 2 is 2.00 bits per heavy atom. The summed E-state index contributed by atoms with van der Waals surface area (Å²) in [5.74, 6) is 0.497. The highest BCUT2D eigenvalue weighted by atomic mass is 16.5. The first-order valence-electron chi connectivity index (χ1n) is 8.49. The van der Waals surface area contributed by atoms with Crippen molar-refractivity contribution < 1.29 is 9.53 Å². The molecule has 0 radical (unpaired) electrons. The van der Waals surface area contributed by atoms with Crippen LogP contribution in [-0.2, 0) is 4.74 Å². The van der Waals surface area contributed by atoms with Gasteiger partial charge in [-0.2, -0.15) is 5.10 Å². The molecule has 1 aromatic carbocycles. The lowest BCUT2D eigenvalue weighted by Gasteiger charge is -2.26. The number of aromatic nitrogens is 2. The van der Waals surface area contributed by atoms with Gasteiger partial charge in [0.25, 0.3) is 5.91 Å². The lowest BCUT2D eigenvalue weighted by atomic mass is 9.95. The smallest absolute Gasteiger partial charge is 0.275 e. The molecule has 128 valence electrons. The molecule has 0 bridgehead atoms. The van der Waals surface area contributed by atoms with Gasteiger partial charge in [-0.1, -0.05) is 38.1 Å². The zero-order valence-electron chi connectivity index (χ0n) is 14.8. The second-order valence-corrected chi connectivity index (χ2v) is 6.68. The Kier molecular flexibility index (Phi) is 4.71. The normalized spacial score (nSPS) is 17.0. The Labute approximate surface area is 143 Å². The number of aryl methyl sites for hydroxylation is 1. The summed E-state index contributed by atoms with van der Waals surface area (Å²) in [5.41, 5.74) is 4.97. The maximum Gasteiger partial charge on any atom is 0.275 e. The summed E-state index contributed by atoms with van der Waals surface area (Å²) in [4.78, 5) is 14.7. The number of nitrogens with one attached hydrogen (secondary N) is 1. The summed E-state index contributed by atoms with van der Waals surface area (Å²) in [6, 6.07) is 8.52. The van der Waals surface area contributed by atoms with Gasteiger partial charge in [-0.15, -0.1) is 0 Å². The van der Waals surface area contributed by atoms with E-state index in [1.54, 1.807) is 7.11 Å². The highest BCUT2D eigenvalue weighted by Gasteiger charge is 2.40. The topological polar surface area (TPSA) is 58.2 Å². The van der Waals surface area contributed by atoms with Crippen molar-refractivity contribution in [2.75, 3.05) is 20.3 Å². The molecule has 1 atom stereocenters. The molecule has 5 heteroatoms. The van der Waals surface area contributed by atoms with Crippen molar-refractivity contribution in [3.63, 3.8) is 0 Å². The number of rotatable bonds is 6. The summed E-state index contributed by atoms with van der Waals surface area (Å²) in [7, 11) is 1.68. The summed E-state index contributed by atoms with van der Waals surface area (Å²) < 4.78 is 5.14. The maximum absolute atomic E-state index is 12.8. The van der Waals surface area contributed by atoms with Crippen LogP contribution in [0.4, 0.5) is 0 Å². The second-order valence-electron chi connectivity index (χ2n) is 6.68. The van der Waals surface area contributed by atoms with E-state index in [0.29, 0.717) is 24.8 Å². The Morgan fingerprint density at radius 1 is 1.29 bits per heavy atom. The van der Waals surface area contributed by atoms with E-state index >= 15 is 0 Å². The standard InChI is InChI=1S/C19H25N3O2/c1-12(2)14-6-8-15(9-7-14)18-16-13(3)20-21-17(16)19(23)22(18)10-5-11-24-4/h6-9,12,18H,5,10-11H2,1-4H3,(H,20,21). The van der Waals surface area contributed by atoms with Crippen LogP contribution in [0.2, 0.25) is 0 Å². The van der Waals surface area contributed by atoms with Gasteiger partial charge in [0.05, 0.1) is 6.04 Å². The fourth-order valence-electron chi connectivity index (χ4n) is 3.36. The number of H-pyrrole nitrogens is 1. The van der Waals surface area contributed by atoms with E-state index in [1.807, 2.05) is 11.8 Å². The number of carbonyl (C=O) groups excluding carboxylic acids is 1. The number of hydrogen-bond acceptors (Lipinski definition) is 3.